The van der Waals surface area contributed by atoms with Crippen LogP contribution in [0.15, 0.2) is 24.5 Å². The fourth-order valence-electron chi connectivity index (χ4n) is 1.27. The summed E-state index contributed by atoms with van der Waals surface area (Å²) >= 11 is 0. The summed E-state index contributed by atoms with van der Waals surface area (Å²) in [7, 11) is 0. The molecule has 0 aliphatic rings. The molecule has 0 aromatic carbocycles. The second-order valence-electron chi connectivity index (χ2n) is 3.17. The van der Waals surface area contributed by atoms with Crippen molar-refractivity contribution in [2.75, 3.05) is 0 Å². The lowest BCUT2D eigenvalue weighted by Gasteiger charge is -2.11. The average molecular weight is 189 g/mol. The van der Waals surface area contributed by atoms with Crippen LogP contribution in [0.25, 0.3) is 0 Å². The van der Waals surface area contributed by atoms with E-state index in [1.54, 1.807) is 6.20 Å². The number of terminal acetylenes is 1. The van der Waals surface area contributed by atoms with Gasteiger partial charge in [0, 0.05) is 24.9 Å². The van der Waals surface area contributed by atoms with E-state index < -0.39 is 0 Å². The van der Waals surface area contributed by atoms with Crippen LogP contribution in [0, 0.1) is 12.3 Å². The van der Waals surface area contributed by atoms with Crippen LogP contribution in [0.3, 0.4) is 0 Å². The Morgan fingerprint density at radius 2 is 2.50 bits per heavy atom. The maximum absolute atomic E-state index is 5.36. The largest absolute Gasteiger partial charge is 0.271 e. The third-order valence-electron chi connectivity index (χ3n) is 2.10. The van der Waals surface area contributed by atoms with Crippen molar-refractivity contribution in [2.24, 2.45) is 5.84 Å². The first-order valence-corrected chi connectivity index (χ1v) is 4.65. The minimum Gasteiger partial charge on any atom is -0.271 e. The van der Waals surface area contributed by atoms with E-state index in [1.807, 2.05) is 12.3 Å². The van der Waals surface area contributed by atoms with Gasteiger partial charge >= 0.3 is 0 Å². The van der Waals surface area contributed by atoms with E-state index in [9.17, 15) is 0 Å². The zero-order chi connectivity index (χ0) is 10.2. The summed E-state index contributed by atoms with van der Waals surface area (Å²) < 4.78 is 0. The Morgan fingerprint density at radius 1 is 1.64 bits per heavy atom. The number of hydrogen-bond acceptors (Lipinski definition) is 3. The summed E-state index contributed by atoms with van der Waals surface area (Å²) in [6.07, 6.45) is 11.4. The molecule has 0 aliphatic heterocycles. The van der Waals surface area contributed by atoms with Gasteiger partial charge < -0.3 is 0 Å². The van der Waals surface area contributed by atoms with Crippen molar-refractivity contribution in [2.45, 2.75) is 25.3 Å². The Morgan fingerprint density at radius 3 is 3.07 bits per heavy atom. The van der Waals surface area contributed by atoms with Gasteiger partial charge in [-0.05, 0) is 24.5 Å². The lowest BCUT2D eigenvalue weighted by molar-refractivity contribution is 0.504. The molecule has 74 valence electrons. The lowest BCUT2D eigenvalue weighted by atomic mass is 10.1. The summed E-state index contributed by atoms with van der Waals surface area (Å²) in [5, 5.41) is 0. The van der Waals surface area contributed by atoms with Gasteiger partial charge in [-0.25, -0.2) is 0 Å². The highest BCUT2D eigenvalue weighted by molar-refractivity contribution is 5.08. The molecule has 0 spiro atoms. The molecule has 0 amide bonds. The standard InChI is InChI=1S/C11H15N3/c1-2-4-11(14-12)7-6-10-5-3-8-13-9-10/h1,3,5,8-9,11,14H,4,6-7,12H2. The number of rotatable bonds is 5. The molecule has 1 aromatic rings. The second kappa shape index (κ2) is 6.14. The monoisotopic (exact) mass is 189 g/mol. The van der Waals surface area contributed by atoms with Crippen molar-refractivity contribution < 1.29 is 0 Å². The highest BCUT2D eigenvalue weighted by Crippen LogP contribution is 2.04. The molecule has 0 saturated heterocycles. The first kappa shape index (κ1) is 10.7. The fourth-order valence-corrected chi connectivity index (χ4v) is 1.27. The zero-order valence-corrected chi connectivity index (χ0v) is 8.11. The number of hydrazine groups is 1. The first-order valence-electron chi connectivity index (χ1n) is 4.65. The Bertz CT molecular complexity index is 289. The van der Waals surface area contributed by atoms with Gasteiger partial charge in [0.1, 0.15) is 0 Å². The molecule has 0 aliphatic carbocycles. The molecule has 14 heavy (non-hydrogen) atoms. The number of aryl methyl sites for hydroxylation is 1. The summed E-state index contributed by atoms with van der Waals surface area (Å²) in [5.41, 5.74) is 3.92. The van der Waals surface area contributed by atoms with Crippen LogP contribution in [0.5, 0.6) is 0 Å². The quantitative estimate of drug-likeness (QED) is 0.410. The summed E-state index contributed by atoms with van der Waals surface area (Å²) in [4.78, 5) is 4.04. The number of nitrogens with one attached hydrogen (secondary N) is 1. The topological polar surface area (TPSA) is 50.9 Å². The molecular weight excluding hydrogens is 174 g/mol. The fraction of sp³-hybridized carbons (Fsp3) is 0.364. The molecule has 0 fully saturated rings. The van der Waals surface area contributed by atoms with E-state index in [4.69, 9.17) is 12.3 Å². The van der Waals surface area contributed by atoms with Crippen molar-refractivity contribution >= 4 is 0 Å². The predicted molar refractivity (Wildman–Crippen MR) is 57.1 cm³/mol. The van der Waals surface area contributed by atoms with Crippen molar-refractivity contribution in [1.29, 1.82) is 0 Å². The maximum Gasteiger partial charge on any atom is 0.0323 e. The van der Waals surface area contributed by atoms with E-state index >= 15 is 0 Å². The predicted octanol–water partition coefficient (Wildman–Crippen LogP) is 0.869. The smallest absolute Gasteiger partial charge is 0.0323 e. The molecule has 1 unspecified atom stereocenters. The highest BCUT2D eigenvalue weighted by Gasteiger charge is 2.04. The summed E-state index contributed by atoms with van der Waals surface area (Å²) in [6, 6.07) is 4.18. The van der Waals surface area contributed by atoms with Crippen molar-refractivity contribution in [3.05, 3.63) is 30.1 Å². The Kier molecular flexibility index (Phi) is 4.70. The number of pyridine rings is 1. The van der Waals surface area contributed by atoms with Crippen LogP contribution in [0.4, 0.5) is 0 Å². The molecule has 3 N–H and O–H groups in total. The normalized spacial score (nSPS) is 12.0. The van der Waals surface area contributed by atoms with Crippen molar-refractivity contribution in [3.63, 3.8) is 0 Å². The van der Waals surface area contributed by atoms with Gasteiger partial charge in [0.05, 0.1) is 0 Å². The highest BCUT2D eigenvalue weighted by atomic mass is 15.2. The summed E-state index contributed by atoms with van der Waals surface area (Å²) in [6.45, 7) is 0. The Labute approximate surface area is 84.7 Å². The molecule has 0 bridgehead atoms. The van der Waals surface area contributed by atoms with Gasteiger partial charge in [0.15, 0.2) is 0 Å². The average Bonchev–Trinajstić information content (AvgIpc) is 2.25. The van der Waals surface area contributed by atoms with Crippen molar-refractivity contribution in [1.82, 2.24) is 10.4 Å². The molecule has 0 saturated carbocycles. The number of hydrogen-bond donors (Lipinski definition) is 2. The van der Waals surface area contributed by atoms with Crippen LogP contribution in [0.2, 0.25) is 0 Å². The van der Waals surface area contributed by atoms with Crippen LogP contribution in [-0.2, 0) is 6.42 Å². The van der Waals surface area contributed by atoms with Gasteiger partial charge in [-0.2, -0.15) is 0 Å². The number of nitrogens with zero attached hydrogens (tertiary/aromatic N) is 1. The van der Waals surface area contributed by atoms with Crippen LogP contribution < -0.4 is 11.3 Å². The van der Waals surface area contributed by atoms with E-state index in [2.05, 4.69) is 22.4 Å². The van der Waals surface area contributed by atoms with E-state index in [0.29, 0.717) is 6.42 Å². The Balaban J connectivity index is 2.36. The van der Waals surface area contributed by atoms with Gasteiger partial charge in [-0.15, -0.1) is 12.3 Å². The van der Waals surface area contributed by atoms with E-state index in [-0.39, 0.29) is 6.04 Å². The molecule has 0 radical (unpaired) electrons. The lowest BCUT2D eigenvalue weighted by Crippen LogP contribution is -2.35. The minimum absolute atomic E-state index is 0.195. The van der Waals surface area contributed by atoms with Gasteiger partial charge in [-0.3, -0.25) is 16.3 Å². The van der Waals surface area contributed by atoms with Gasteiger partial charge in [-0.1, -0.05) is 6.07 Å². The third-order valence-corrected chi connectivity index (χ3v) is 2.10. The van der Waals surface area contributed by atoms with Crippen LogP contribution in [-0.4, -0.2) is 11.0 Å². The van der Waals surface area contributed by atoms with Crippen molar-refractivity contribution in [3.8, 4) is 12.3 Å². The van der Waals surface area contributed by atoms with Crippen LogP contribution >= 0.6 is 0 Å². The maximum atomic E-state index is 5.36. The minimum atomic E-state index is 0.195. The third kappa shape index (κ3) is 3.56. The molecule has 1 atom stereocenters. The molecule has 1 aromatic heterocycles. The van der Waals surface area contributed by atoms with E-state index in [1.165, 1.54) is 5.56 Å². The van der Waals surface area contributed by atoms with Gasteiger partial charge in [0.2, 0.25) is 0 Å². The van der Waals surface area contributed by atoms with Gasteiger partial charge in [0.25, 0.3) is 0 Å². The first-order chi connectivity index (χ1) is 6.86. The molecule has 3 nitrogen and oxygen atoms in total. The zero-order valence-electron chi connectivity index (χ0n) is 8.11. The van der Waals surface area contributed by atoms with E-state index in [0.717, 1.165) is 12.8 Å². The molecule has 3 heteroatoms. The number of nitrogens with two attached hydrogens (primary N) is 1. The number of aromatic nitrogens is 1. The van der Waals surface area contributed by atoms with Crippen LogP contribution in [0.1, 0.15) is 18.4 Å². The summed E-state index contributed by atoms with van der Waals surface area (Å²) in [5.74, 6) is 7.96. The SMILES string of the molecule is C#CCC(CCc1cccnc1)NN. The molecule has 1 heterocycles. The Hall–Kier alpha value is -1.37. The second-order valence-corrected chi connectivity index (χ2v) is 3.17. The molecular formula is C11H15N3. The molecule has 1 rings (SSSR count).